The average Bonchev–Trinajstić information content (AvgIpc) is 3.33. The van der Waals surface area contributed by atoms with Crippen LogP contribution in [0.5, 0.6) is 0 Å². The Labute approximate surface area is 145 Å². The van der Waals surface area contributed by atoms with Gasteiger partial charge in [-0.15, -0.1) is 0 Å². The Balaban J connectivity index is 1.60. The van der Waals surface area contributed by atoms with Crippen LogP contribution in [0.15, 0.2) is 48.5 Å². The van der Waals surface area contributed by atoms with Crippen molar-refractivity contribution < 1.29 is 14.3 Å². The first-order valence-electron chi connectivity index (χ1n) is 8.16. The molecule has 1 heterocycles. The molecule has 2 aliphatic rings. The van der Waals surface area contributed by atoms with Gasteiger partial charge in [0.25, 0.3) is 0 Å². The molecule has 122 valence electrons. The number of carbonyl (C=O) groups excluding carboxylic acids is 2. The molecule has 0 spiro atoms. The van der Waals surface area contributed by atoms with E-state index in [4.69, 9.17) is 16.3 Å². The van der Waals surface area contributed by atoms with E-state index in [-0.39, 0.29) is 23.8 Å². The molecule has 0 unspecified atom stereocenters. The van der Waals surface area contributed by atoms with Gasteiger partial charge in [0.05, 0.1) is 11.5 Å². The van der Waals surface area contributed by atoms with Crippen molar-refractivity contribution in [2.45, 2.75) is 32.0 Å². The number of hydrogen-bond acceptors (Lipinski definition) is 3. The Morgan fingerprint density at radius 3 is 2.29 bits per heavy atom. The highest BCUT2D eigenvalue weighted by Crippen LogP contribution is 2.51. The molecule has 0 N–H and O–H groups in total. The fourth-order valence-electron chi connectivity index (χ4n) is 3.77. The van der Waals surface area contributed by atoms with Crippen LogP contribution in [-0.4, -0.2) is 17.7 Å². The molecular weight excluding hydrogens is 324 g/mol. The van der Waals surface area contributed by atoms with Crippen LogP contribution >= 0.6 is 11.6 Å². The molecule has 2 atom stereocenters. The molecule has 4 rings (SSSR count). The van der Waals surface area contributed by atoms with Gasteiger partial charge in [-0.05, 0) is 30.5 Å². The van der Waals surface area contributed by atoms with Gasteiger partial charge in [-0.25, -0.2) is 0 Å². The van der Waals surface area contributed by atoms with E-state index in [0.29, 0.717) is 29.0 Å². The van der Waals surface area contributed by atoms with Crippen LogP contribution in [0.2, 0.25) is 5.02 Å². The van der Waals surface area contributed by atoms with E-state index in [1.165, 1.54) is 0 Å². The molecule has 0 bridgehead atoms. The van der Waals surface area contributed by atoms with Crippen LogP contribution in [-0.2, 0) is 4.74 Å². The predicted molar refractivity (Wildman–Crippen MR) is 91.5 cm³/mol. The number of benzene rings is 2. The number of epoxide rings is 1. The summed E-state index contributed by atoms with van der Waals surface area (Å²) >= 11 is 6.03. The van der Waals surface area contributed by atoms with E-state index >= 15 is 0 Å². The van der Waals surface area contributed by atoms with Gasteiger partial charge in [0.1, 0.15) is 6.10 Å². The van der Waals surface area contributed by atoms with Crippen molar-refractivity contribution in [2.24, 2.45) is 5.41 Å². The van der Waals surface area contributed by atoms with Gasteiger partial charge < -0.3 is 4.74 Å². The molecule has 1 fully saturated rings. The van der Waals surface area contributed by atoms with E-state index in [0.717, 1.165) is 5.56 Å². The monoisotopic (exact) mass is 340 g/mol. The summed E-state index contributed by atoms with van der Waals surface area (Å²) in [6.45, 7) is 1.90. The third-order valence-electron chi connectivity index (χ3n) is 5.20. The lowest BCUT2D eigenvalue weighted by atomic mass is 9.75. The van der Waals surface area contributed by atoms with Gasteiger partial charge in [-0.3, -0.25) is 9.59 Å². The zero-order valence-electron chi connectivity index (χ0n) is 13.3. The van der Waals surface area contributed by atoms with E-state index in [1.807, 2.05) is 31.2 Å². The summed E-state index contributed by atoms with van der Waals surface area (Å²) < 4.78 is 5.78. The number of ketones is 2. The molecule has 1 aliphatic heterocycles. The molecule has 0 radical (unpaired) electrons. The number of carbonyl (C=O) groups is 2. The maximum Gasteiger partial charge on any atom is 0.177 e. The number of Topliss-reactive ketones (excluding diaryl/α,β-unsaturated/α-hetero) is 2. The van der Waals surface area contributed by atoms with Crippen LogP contribution in [0, 0.1) is 5.41 Å². The molecule has 0 aromatic heterocycles. The number of hydrogen-bond donors (Lipinski definition) is 0. The molecule has 0 saturated carbocycles. The molecule has 4 heteroatoms. The van der Waals surface area contributed by atoms with Gasteiger partial charge in [0.2, 0.25) is 0 Å². The summed E-state index contributed by atoms with van der Waals surface area (Å²) in [7, 11) is 0. The van der Waals surface area contributed by atoms with Gasteiger partial charge in [-0.2, -0.15) is 0 Å². The number of ether oxygens (including phenoxy) is 1. The van der Waals surface area contributed by atoms with Crippen LogP contribution in [0.1, 0.15) is 52.1 Å². The molecule has 24 heavy (non-hydrogen) atoms. The quantitative estimate of drug-likeness (QED) is 0.601. The highest BCUT2D eigenvalue weighted by Gasteiger charge is 2.56. The van der Waals surface area contributed by atoms with E-state index in [2.05, 4.69) is 0 Å². The minimum absolute atomic E-state index is 0.0639. The standard InChI is InChI=1S/C20H17ClO3/c1-2-20(18(22)14-8-3-4-9-15(14)19(20)23)11-16-17(24-16)12-6-5-7-13(21)10-12/h3-10,16-17H,2,11H2,1H3/t16-,17-/m1/s1. The molecule has 2 aromatic rings. The molecule has 1 saturated heterocycles. The zero-order chi connectivity index (χ0) is 16.9. The lowest BCUT2D eigenvalue weighted by Gasteiger charge is -2.23. The maximum absolute atomic E-state index is 12.9. The number of fused-ring (bicyclic) bond motifs is 1. The number of halogens is 1. The molecular formula is C20H17ClO3. The van der Waals surface area contributed by atoms with E-state index < -0.39 is 5.41 Å². The number of rotatable bonds is 4. The third-order valence-corrected chi connectivity index (χ3v) is 5.43. The molecule has 3 nitrogen and oxygen atoms in total. The van der Waals surface area contributed by atoms with Gasteiger partial charge in [0, 0.05) is 16.1 Å². The van der Waals surface area contributed by atoms with Crippen molar-refractivity contribution in [2.75, 3.05) is 0 Å². The van der Waals surface area contributed by atoms with E-state index in [9.17, 15) is 9.59 Å². The van der Waals surface area contributed by atoms with Crippen LogP contribution in [0.3, 0.4) is 0 Å². The highest BCUT2D eigenvalue weighted by atomic mass is 35.5. The van der Waals surface area contributed by atoms with Crippen LogP contribution < -0.4 is 0 Å². The predicted octanol–water partition coefficient (Wildman–Crippen LogP) is 4.65. The average molecular weight is 341 g/mol. The van der Waals surface area contributed by atoms with Crippen molar-refractivity contribution in [3.8, 4) is 0 Å². The fourth-order valence-corrected chi connectivity index (χ4v) is 3.97. The van der Waals surface area contributed by atoms with Crippen LogP contribution in [0.4, 0.5) is 0 Å². The van der Waals surface area contributed by atoms with Gasteiger partial charge in [0.15, 0.2) is 11.6 Å². The minimum atomic E-state index is -0.984. The summed E-state index contributed by atoms with van der Waals surface area (Å²) in [6.07, 6.45) is 0.705. The molecule has 0 amide bonds. The first-order chi connectivity index (χ1) is 11.6. The highest BCUT2D eigenvalue weighted by molar-refractivity contribution is 6.30. The second-order valence-corrected chi connectivity index (χ2v) is 6.93. The Morgan fingerprint density at radius 1 is 1.04 bits per heavy atom. The summed E-state index contributed by atoms with van der Waals surface area (Å²) in [5, 5.41) is 0.660. The molecule has 1 aliphatic carbocycles. The van der Waals surface area contributed by atoms with Gasteiger partial charge >= 0.3 is 0 Å². The largest absolute Gasteiger partial charge is 0.364 e. The minimum Gasteiger partial charge on any atom is -0.364 e. The maximum atomic E-state index is 12.9. The molecule has 2 aromatic carbocycles. The topological polar surface area (TPSA) is 46.7 Å². The Morgan fingerprint density at radius 2 is 1.71 bits per heavy atom. The second-order valence-electron chi connectivity index (χ2n) is 6.49. The smallest absolute Gasteiger partial charge is 0.177 e. The van der Waals surface area contributed by atoms with E-state index in [1.54, 1.807) is 24.3 Å². The first-order valence-corrected chi connectivity index (χ1v) is 8.54. The van der Waals surface area contributed by atoms with Crippen LogP contribution in [0.25, 0.3) is 0 Å². The lowest BCUT2D eigenvalue weighted by Crippen LogP contribution is -2.34. The lowest BCUT2D eigenvalue weighted by molar-refractivity contribution is 0.0659. The first kappa shape index (κ1) is 15.6. The SMILES string of the molecule is CCC1(C[C@H]2O[C@@H]2c2cccc(Cl)c2)C(=O)c2ccccc2C1=O. The van der Waals surface area contributed by atoms with Crippen molar-refractivity contribution >= 4 is 23.2 Å². The Bertz CT molecular complexity index is 807. The fraction of sp³-hybridized carbons (Fsp3) is 0.300. The Kier molecular flexibility index (Phi) is 3.59. The third kappa shape index (κ3) is 2.23. The van der Waals surface area contributed by atoms with Gasteiger partial charge in [-0.1, -0.05) is 54.9 Å². The van der Waals surface area contributed by atoms with Crippen molar-refractivity contribution in [3.63, 3.8) is 0 Å². The van der Waals surface area contributed by atoms with Crippen molar-refractivity contribution in [1.82, 2.24) is 0 Å². The Hall–Kier alpha value is -1.97. The summed E-state index contributed by atoms with van der Waals surface area (Å²) in [5.41, 5.74) is 1.10. The van der Waals surface area contributed by atoms with Crippen molar-refractivity contribution in [1.29, 1.82) is 0 Å². The zero-order valence-corrected chi connectivity index (χ0v) is 14.0. The second kappa shape index (κ2) is 5.54. The summed E-state index contributed by atoms with van der Waals surface area (Å²) in [4.78, 5) is 25.8. The van der Waals surface area contributed by atoms with Crippen molar-refractivity contribution in [3.05, 3.63) is 70.2 Å². The summed E-state index contributed by atoms with van der Waals surface area (Å²) in [5.74, 6) is -0.128. The summed E-state index contributed by atoms with van der Waals surface area (Å²) in [6, 6.07) is 14.6. The normalized spacial score (nSPS) is 24.1.